The number of aliphatic hydroxyl groups is 1. The van der Waals surface area contributed by atoms with Gasteiger partial charge in [0.15, 0.2) is 0 Å². The molecule has 0 unspecified atom stereocenters. The number of carbonyl (C=O) groups is 1. The molecule has 2 aliphatic heterocycles. The number of hydrogen-bond donors (Lipinski definition) is 1. The van der Waals surface area contributed by atoms with Crippen LogP contribution in [0.15, 0.2) is 0 Å². The maximum atomic E-state index is 10.8. The third-order valence-corrected chi connectivity index (χ3v) is 8.21. The van der Waals surface area contributed by atoms with Gasteiger partial charge in [-0.2, -0.15) is 0 Å². The number of carbonyl (C=O) groups excluding carboxylic acids is 1. The molecule has 0 aliphatic carbocycles. The number of likely N-dealkylation sites (tertiary alicyclic amines) is 2. The standard InChI is InChI=1S/C20H38N2O3S2/c1-18(24)25-15-7-20-4-10-22(11-5-20)13-17-27-26-16-12-21-8-2-19(3-9-21)6-14-23/h19-20,23H,2-17H2,1H3. The van der Waals surface area contributed by atoms with Gasteiger partial charge >= 0.3 is 5.97 Å². The Morgan fingerprint density at radius 3 is 1.85 bits per heavy atom. The van der Waals surface area contributed by atoms with Crippen molar-refractivity contribution in [2.75, 3.05) is 64.0 Å². The van der Waals surface area contributed by atoms with Gasteiger partial charge in [0, 0.05) is 38.1 Å². The largest absolute Gasteiger partial charge is 0.466 e. The van der Waals surface area contributed by atoms with Crippen LogP contribution < -0.4 is 0 Å². The molecule has 0 spiro atoms. The van der Waals surface area contributed by atoms with Crippen LogP contribution in [0.4, 0.5) is 0 Å². The lowest BCUT2D eigenvalue weighted by molar-refractivity contribution is -0.141. The SMILES string of the molecule is CC(=O)OCCC1CCN(CCSSCCN2CCC(CCO)CC2)CC1. The van der Waals surface area contributed by atoms with Crippen LogP contribution in [-0.2, 0) is 9.53 Å². The number of piperidine rings is 2. The lowest BCUT2D eigenvalue weighted by atomic mass is 9.94. The summed E-state index contributed by atoms with van der Waals surface area (Å²) in [6.07, 6.45) is 7.01. The highest BCUT2D eigenvalue weighted by Crippen LogP contribution is 2.25. The Balaban J connectivity index is 1.39. The molecule has 0 amide bonds. The van der Waals surface area contributed by atoms with Crippen LogP contribution >= 0.6 is 21.6 Å². The highest BCUT2D eigenvalue weighted by atomic mass is 33.1. The first-order valence-electron chi connectivity index (χ1n) is 10.6. The van der Waals surface area contributed by atoms with Gasteiger partial charge in [-0.25, -0.2) is 0 Å². The summed E-state index contributed by atoms with van der Waals surface area (Å²) in [6, 6.07) is 0. The van der Waals surface area contributed by atoms with Crippen molar-refractivity contribution in [3.05, 3.63) is 0 Å². The third-order valence-electron chi connectivity index (χ3n) is 5.85. The van der Waals surface area contributed by atoms with Crippen molar-refractivity contribution in [3.63, 3.8) is 0 Å². The number of rotatable bonds is 12. The minimum Gasteiger partial charge on any atom is -0.466 e. The van der Waals surface area contributed by atoms with E-state index in [1.807, 2.05) is 21.6 Å². The van der Waals surface area contributed by atoms with Gasteiger partial charge in [-0.3, -0.25) is 4.79 Å². The quantitative estimate of drug-likeness (QED) is 0.297. The van der Waals surface area contributed by atoms with Crippen molar-refractivity contribution in [2.45, 2.75) is 45.4 Å². The molecular formula is C20H38N2O3S2. The monoisotopic (exact) mass is 418 g/mol. The smallest absolute Gasteiger partial charge is 0.302 e. The topological polar surface area (TPSA) is 53.0 Å². The van der Waals surface area contributed by atoms with Gasteiger partial charge in [-0.15, -0.1) is 0 Å². The first-order chi connectivity index (χ1) is 13.2. The molecule has 0 aromatic carbocycles. The summed E-state index contributed by atoms with van der Waals surface area (Å²) in [7, 11) is 4.04. The molecule has 2 aliphatic rings. The summed E-state index contributed by atoms with van der Waals surface area (Å²) in [5.74, 6) is 3.74. The van der Waals surface area contributed by atoms with Crippen LogP contribution in [0.25, 0.3) is 0 Å². The van der Waals surface area contributed by atoms with E-state index in [0.717, 1.165) is 24.7 Å². The van der Waals surface area contributed by atoms with Gasteiger partial charge in [0.2, 0.25) is 0 Å². The minimum atomic E-state index is -0.159. The molecule has 2 heterocycles. The Labute approximate surface area is 173 Å². The molecule has 2 saturated heterocycles. The Morgan fingerprint density at radius 2 is 1.41 bits per heavy atom. The van der Waals surface area contributed by atoms with Crippen molar-refractivity contribution < 1.29 is 14.6 Å². The molecule has 0 radical (unpaired) electrons. The second-order valence-corrected chi connectivity index (χ2v) is 10.6. The second-order valence-electron chi connectivity index (χ2n) is 7.85. The minimum absolute atomic E-state index is 0.159. The number of ether oxygens (including phenoxy) is 1. The summed E-state index contributed by atoms with van der Waals surface area (Å²) < 4.78 is 5.06. The van der Waals surface area contributed by atoms with E-state index in [0.29, 0.717) is 13.2 Å². The molecule has 2 rings (SSSR count). The molecule has 0 aromatic rings. The fourth-order valence-corrected chi connectivity index (χ4v) is 6.06. The molecule has 1 N–H and O–H groups in total. The van der Waals surface area contributed by atoms with E-state index in [9.17, 15) is 4.79 Å². The third kappa shape index (κ3) is 10.4. The van der Waals surface area contributed by atoms with Crippen LogP contribution in [-0.4, -0.2) is 84.9 Å². The Bertz CT molecular complexity index is 399. The second kappa shape index (κ2) is 14.1. The van der Waals surface area contributed by atoms with Gasteiger partial charge < -0.3 is 19.6 Å². The van der Waals surface area contributed by atoms with Crippen LogP contribution in [0.2, 0.25) is 0 Å². The van der Waals surface area contributed by atoms with E-state index in [4.69, 9.17) is 9.84 Å². The van der Waals surface area contributed by atoms with Crippen LogP contribution in [0.5, 0.6) is 0 Å². The summed E-state index contributed by atoms with van der Waals surface area (Å²) >= 11 is 0. The van der Waals surface area contributed by atoms with Gasteiger partial charge in [0.05, 0.1) is 6.61 Å². The number of nitrogens with zero attached hydrogens (tertiary/aromatic N) is 2. The van der Waals surface area contributed by atoms with Crippen LogP contribution in [0, 0.1) is 11.8 Å². The van der Waals surface area contributed by atoms with Crippen molar-refractivity contribution in [3.8, 4) is 0 Å². The maximum Gasteiger partial charge on any atom is 0.302 e. The molecule has 0 saturated carbocycles. The Kier molecular flexibility index (Phi) is 12.2. The van der Waals surface area contributed by atoms with Crippen LogP contribution in [0.3, 0.4) is 0 Å². The molecule has 0 bridgehead atoms. The zero-order valence-corrected chi connectivity index (χ0v) is 18.6. The average molecular weight is 419 g/mol. The van der Waals surface area contributed by atoms with Gasteiger partial charge in [-0.05, 0) is 76.5 Å². The lowest BCUT2D eigenvalue weighted by Gasteiger charge is -2.32. The zero-order chi connectivity index (χ0) is 19.3. The normalized spacial score (nSPS) is 20.8. The van der Waals surface area contributed by atoms with E-state index >= 15 is 0 Å². The van der Waals surface area contributed by atoms with Crippen molar-refractivity contribution in [2.24, 2.45) is 11.8 Å². The summed E-state index contributed by atoms with van der Waals surface area (Å²) in [5.41, 5.74) is 0. The molecule has 0 aromatic heterocycles. The summed E-state index contributed by atoms with van der Waals surface area (Å²) in [5, 5.41) is 9.03. The molecule has 5 nitrogen and oxygen atoms in total. The fraction of sp³-hybridized carbons (Fsp3) is 0.950. The highest BCUT2D eigenvalue weighted by molar-refractivity contribution is 8.76. The first-order valence-corrected chi connectivity index (χ1v) is 13.1. The van der Waals surface area contributed by atoms with Gasteiger partial charge in [0.1, 0.15) is 0 Å². The van der Waals surface area contributed by atoms with Crippen molar-refractivity contribution >= 4 is 27.6 Å². The van der Waals surface area contributed by atoms with Gasteiger partial charge in [0.25, 0.3) is 0 Å². The first kappa shape index (κ1) is 23.3. The van der Waals surface area contributed by atoms with E-state index in [-0.39, 0.29) is 5.97 Å². The molecule has 27 heavy (non-hydrogen) atoms. The Morgan fingerprint density at radius 1 is 0.926 bits per heavy atom. The maximum absolute atomic E-state index is 10.8. The molecule has 2 fully saturated rings. The highest BCUT2D eigenvalue weighted by Gasteiger charge is 2.20. The summed E-state index contributed by atoms with van der Waals surface area (Å²) in [6.45, 7) is 9.63. The lowest BCUT2D eigenvalue weighted by Crippen LogP contribution is -2.35. The van der Waals surface area contributed by atoms with E-state index in [1.54, 1.807) is 0 Å². The molecule has 0 atom stereocenters. The van der Waals surface area contributed by atoms with Crippen LogP contribution in [0.1, 0.15) is 45.4 Å². The van der Waals surface area contributed by atoms with Crippen molar-refractivity contribution in [1.82, 2.24) is 9.80 Å². The predicted molar refractivity (Wildman–Crippen MR) is 116 cm³/mol. The molecular weight excluding hydrogens is 380 g/mol. The zero-order valence-electron chi connectivity index (χ0n) is 16.9. The molecule has 158 valence electrons. The van der Waals surface area contributed by atoms with E-state index in [2.05, 4.69) is 9.80 Å². The van der Waals surface area contributed by atoms with Crippen molar-refractivity contribution in [1.29, 1.82) is 0 Å². The Hall–Kier alpha value is 0.0500. The summed E-state index contributed by atoms with van der Waals surface area (Å²) in [4.78, 5) is 16.0. The fourth-order valence-electron chi connectivity index (χ4n) is 4.00. The molecule has 7 heteroatoms. The van der Waals surface area contributed by atoms with E-state index < -0.39 is 0 Å². The number of esters is 1. The predicted octanol–water partition coefficient (Wildman–Crippen LogP) is 3.13. The number of hydrogen-bond acceptors (Lipinski definition) is 7. The van der Waals surface area contributed by atoms with E-state index in [1.165, 1.54) is 83.4 Å². The average Bonchev–Trinajstić information content (AvgIpc) is 2.67. The van der Waals surface area contributed by atoms with Gasteiger partial charge in [-0.1, -0.05) is 21.6 Å². The number of aliphatic hydroxyl groups excluding tert-OH is 1.